The van der Waals surface area contributed by atoms with Crippen LogP contribution in [0, 0.1) is 0 Å². The molecular formula is C13H15N. The van der Waals surface area contributed by atoms with Gasteiger partial charge in [-0.1, -0.05) is 30.4 Å². The number of allylic oxidation sites excluding steroid dienone is 1. The molecule has 1 heterocycles. The number of benzene rings is 1. The van der Waals surface area contributed by atoms with Gasteiger partial charge in [0.1, 0.15) is 0 Å². The minimum Gasteiger partial charge on any atom is -0.358 e. The van der Waals surface area contributed by atoms with Crippen LogP contribution in [0.1, 0.15) is 25.5 Å². The summed E-state index contributed by atoms with van der Waals surface area (Å²) < 4.78 is 0. The normalized spacial score (nSPS) is 15.4. The number of H-pyrrole nitrogens is 1. The summed E-state index contributed by atoms with van der Waals surface area (Å²) >= 11 is 0. The van der Waals surface area contributed by atoms with E-state index in [1.165, 1.54) is 41.4 Å². The van der Waals surface area contributed by atoms with Gasteiger partial charge in [0.2, 0.25) is 0 Å². The van der Waals surface area contributed by atoms with E-state index in [-0.39, 0.29) is 1.43 Å². The molecule has 0 aliphatic heterocycles. The van der Waals surface area contributed by atoms with E-state index >= 15 is 0 Å². The van der Waals surface area contributed by atoms with Crippen LogP contribution >= 0.6 is 0 Å². The molecule has 1 heteroatoms. The highest BCUT2D eigenvalue weighted by Gasteiger charge is 2.09. The number of aromatic nitrogens is 1. The summed E-state index contributed by atoms with van der Waals surface area (Å²) in [7, 11) is 0. The third-order valence-electron chi connectivity index (χ3n) is 2.91. The molecule has 1 aromatic carbocycles. The SMILES string of the molecule is C1=Cc2c([nH]c3ccccc23)CCC1.[HH]. The molecule has 1 aromatic heterocycles. The number of hydrogen-bond acceptors (Lipinski definition) is 0. The summed E-state index contributed by atoms with van der Waals surface area (Å²) in [6.45, 7) is 0. The summed E-state index contributed by atoms with van der Waals surface area (Å²) in [6.07, 6.45) is 8.19. The van der Waals surface area contributed by atoms with Crippen LogP contribution < -0.4 is 0 Å². The van der Waals surface area contributed by atoms with E-state index in [1.807, 2.05) is 0 Å². The number of aromatic amines is 1. The smallest absolute Gasteiger partial charge is 0.0462 e. The lowest BCUT2D eigenvalue weighted by atomic mass is 10.1. The van der Waals surface area contributed by atoms with Gasteiger partial charge in [-0.25, -0.2) is 0 Å². The standard InChI is InChI=1S/C13H13N.H2/c1-2-6-10-11-7-4-5-9-13(11)14-12(10)8-3-1;/h2,4-7,9,14H,1,3,8H2;1H. The lowest BCUT2D eigenvalue weighted by Gasteiger charge is -1.94. The van der Waals surface area contributed by atoms with E-state index in [1.54, 1.807) is 0 Å². The second kappa shape index (κ2) is 3.02. The number of nitrogens with one attached hydrogen (secondary N) is 1. The van der Waals surface area contributed by atoms with E-state index in [0.29, 0.717) is 0 Å². The number of fused-ring (bicyclic) bond motifs is 3. The zero-order valence-electron chi connectivity index (χ0n) is 8.09. The van der Waals surface area contributed by atoms with Crippen LogP contribution in [0.2, 0.25) is 0 Å². The van der Waals surface area contributed by atoms with Crippen LogP contribution in [0.5, 0.6) is 0 Å². The van der Waals surface area contributed by atoms with Crippen LogP contribution in [0.3, 0.4) is 0 Å². The van der Waals surface area contributed by atoms with Crippen LogP contribution in [0.4, 0.5) is 0 Å². The van der Waals surface area contributed by atoms with Crippen LogP contribution in [0.25, 0.3) is 17.0 Å². The van der Waals surface area contributed by atoms with Crippen LogP contribution in [0.15, 0.2) is 30.3 Å². The molecule has 0 unspecified atom stereocenters. The van der Waals surface area contributed by atoms with Gasteiger partial charge in [-0.3, -0.25) is 0 Å². The van der Waals surface area contributed by atoms with Gasteiger partial charge in [-0.05, 0) is 25.3 Å². The lowest BCUT2D eigenvalue weighted by molar-refractivity contribution is 0.834. The van der Waals surface area contributed by atoms with Crippen LogP contribution in [-0.2, 0) is 6.42 Å². The van der Waals surface area contributed by atoms with E-state index in [4.69, 9.17) is 0 Å². The monoisotopic (exact) mass is 185 g/mol. The number of rotatable bonds is 0. The molecule has 0 amide bonds. The highest BCUT2D eigenvalue weighted by molar-refractivity contribution is 5.90. The van der Waals surface area contributed by atoms with Gasteiger partial charge in [-0.2, -0.15) is 0 Å². The van der Waals surface area contributed by atoms with E-state index in [2.05, 4.69) is 41.4 Å². The van der Waals surface area contributed by atoms with E-state index in [9.17, 15) is 0 Å². The first-order valence-corrected chi connectivity index (χ1v) is 5.21. The molecule has 0 saturated carbocycles. The molecule has 0 saturated heterocycles. The van der Waals surface area contributed by atoms with Crippen molar-refractivity contribution in [2.24, 2.45) is 0 Å². The predicted molar refractivity (Wildman–Crippen MR) is 62.4 cm³/mol. The van der Waals surface area contributed by atoms with Crippen molar-refractivity contribution in [3.8, 4) is 0 Å². The largest absolute Gasteiger partial charge is 0.358 e. The van der Waals surface area contributed by atoms with Gasteiger partial charge in [0, 0.05) is 23.6 Å². The number of hydrogen-bond donors (Lipinski definition) is 1. The van der Waals surface area contributed by atoms with Crippen LogP contribution in [-0.4, -0.2) is 4.98 Å². The first-order valence-electron chi connectivity index (χ1n) is 5.21. The molecule has 1 aliphatic rings. The molecular weight excluding hydrogens is 170 g/mol. The number of para-hydroxylation sites is 1. The quantitative estimate of drug-likeness (QED) is 0.643. The zero-order chi connectivity index (χ0) is 9.38. The highest BCUT2D eigenvalue weighted by atomic mass is 14.7. The number of aryl methyl sites for hydroxylation is 1. The van der Waals surface area contributed by atoms with Crippen molar-refractivity contribution in [2.45, 2.75) is 19.3 Å². The Hall–Kier alpha value is -1.50. The second-order valence-corrected chi connectivity index (χ2v) is 3.86. The Kier molecular flexibility index (Phi) is 1.69. The van der Waals surface area contributed by atoms with Gasteiger partial charge in [0.15, 0.2) is 0 Å². The van der Waals surface area contributed by atoms with Crippen molar-refractivity contribution in [2.75, 3.05) is 0 Å². The first kappa shape index (κ1) is 7.86. The Bertz CT molecular complexity index is 496. The Balaban J connectivity index is 0.000000853. The molecule has 0 atom stereocenters. The maximum atomic E-state index is 3.50. The maximum Gasteiger partial charge on any atom is 0.0462 e. The molecule has 0 bridgehead atoms. The highest BCUT2D eigenvalue weighted by Crippen LogP contribution is 2.26. The fraction of sp³-hybridized carbons (Fsp3) is 0.231. The van der Waals surface area contributed by atoms with Crippen molar-refractivity contribution in [3.05, 3.63) is 41.6 Å². The zero-order valence-corrected chi connectivity index (χ0v) is 8.09. The Labute approximate surface area is 84.9 Å². The molecule has 72 valence electrons. The summed E-state index contributed by atoms with van der Waals surface area (Å²) in [6, 6.07) is 8.54. The van der Waals surface area contributed by atoms with Crippen molar-refractivity contribution in [1.82, 2.24) is 4.98 Å². The minimum absolute atomic E-state index is 0. The van der Waals surface area contributed by atoms with E-state index < -0.39 is 0 Å². The molecule has 0 fully saturated rings. The topological polar surface area (TPSA) is 15.8 Å². The van der Waals surface area contributed by atoms with Gasteiger partial charge in [0.25, 0.3) is 0 Å². The Morgan fingerprint density at radius 2 is 2.14 bits per heavy atom. The van der Waals surface area contributed by atoms with Crippen molar-refractivity contribution < 1.29 is 1.43 Å². The molecule has 3 rings (SSSR count). The van der Waals surface area contributed by atoms with Gasteiger partial charge < -0.3 is 4.98 Å². The Morgan fingerprint density at radius 1 is 1.21 bits per heavy atom. The molecule has 14 heavy (non-hydrogen) atoms. The molecule has 1 nitrogen and oxygen atoms in total. The molecule has 2 aromatic rings. The predicted octanol–water partition coefficient (Wildman–Crippen LogP) is 3.76. The Morgan fingerprint density at radius 3 is 3.14 bits per heavy atom. The molecule has 0 spiro atoms. The average Bonchev–Trinajstić information content (AvgIpc) is 2.42. The van der Waals surface area contributed by atoms with Gasteiger partial charge in [0.05, 0.1) is 0 Å². The van der Waals surface area contributed by atoms with Gasteiger partial charge in [-0.15, -0.1) is 0 Å². The van der Waals surface area contributed by atoms with Gasteiger partial charge >= 0.3 is 0 Å². The first-order chi connectivity index (χ1) is 6.95. The molecule has 1 aliphatic carbocycles. The third-order valence-corrected chi connectivity index (χ3v) is 2.91. The fourth-order valence-electron chi connectivity index (χ4n) is 2.20. The fourth-order valence-corrected chi connectivity index (χ4v) is 2.20. The summed E-state index contributed by atoms with van der Waals surface area (Å²) in [5.41, 5.74) is 4.07. The molecule has 0 radical (unpaired) electrons. The average molecular weight is 185 g/mol. The summed E-state index contributed by atoms with van der Waals surface area (Å²) in [5.74, 6) is 0. The maximum absolute atomic E-state index is 3.50. The van der Waals surface area contributed by atoms with E-state index in [0.717, 1.165) is 0 Å². The summed E-state index contributed by atoms with van der Waals surface area (Å²) in [5, 5.41) is 1.36. The van der Waals surface area contributed by atoms with Crippen molar-refractivity contribution >= 4 is 17.0 Å². The molecule has 1 N–H and O–H groups in total. The third kappa shape index (κ3) is 1.09. The second-order valence-electron chi connectivity index (χ2n) is 3.86. The lowest BCUT2D eigenvalue weighted by Crippen LogP contribution is -1.84. The van der Waals surface area contributed by atoms with Crippen molar-refractivity contribution in [1.29, 1.82) is 0 Å². The minimum atomic E-state index is 0. The van der Waals surface area contributed by atoms with Crippen molar-refractivity contribution in [3.63, 3.8) is 0 Å². The summed E-state index contributed by atoms with van der Waals surface area (Å²) in [4.78, 5) is 3.50.